The number of rotatable bonds is 3. The number of halogens is 1. The molecule has 92 valence electrons. The van der Waals surface area contributed by atoms with Crippen molar-refractivity contribution < 1.29 is 13.7 Å². The van der Waals surface area contributed by atoms with Crippen LogP contribution in [-0.2, 0) is 13.7 Å². The molecule has 2 unspecified atom stereocenters. The van der Waals surface area contributed by atoms with E-state index in [-0.39, 0.29) is 5.79 Å². The molecule has 16 heavy (non-hydrogen) atoms. The molecule has 2 saturated carbocycles. The maximum atomic E-state index is 5.80. The Labute approximate surface area is 113 Å². The van der Waals surface area contributed by atoms with Gasteiger partial charge in [0.2, 0.25) is 0 Å². The molecule has 0 aromatic rings. The second kappa shape index (κ2) is 4.91. The van der Waals surface area contributed by atoms with Gasteiger partial charge in [-0.15, -0.1) is 0 Å². The summed E-state index contributed by atoms with van der Waals surface area (Å²) in [6, 6.07) is 0. The van der Waals surface area contributed by atoms with Crippen LogP contribution in [0.15, 0.2) is 0 Å². The Hall–Kier alpha value is 0.960. The quantitative estimate of drug-likeness (QED) is 0.574. The van der Waals surface area contributed by atoms with E-state index in [0.29, 0.717) is 0 Å². The largest absolute Gasteiger partial charge is 0.348 e. The second-order valence-corrected chi connectivity index (χ2v) is 6.66. The van der Waals surface area contributed by atoms with E-state index in [4.69, 9.17) is 13.7 Å². The number of hydrogen-bond acceptors (Lipinski definition) is 4. The molecule has 3 rings (SSSR count). The van der Waals surface area contributed by atoms with Gasteiger partial charge in [-0.3, -0.25) is 0 Å². The highest BCUT2D eigenvalue weighted by Crippen LogP contribution is 2.53. The zero-order valence-corrected chi connectivity index (χ0v) is 12.2. The summed E-state index contributed by atoms with van der Waals surface area (Å²) in [5, 5.41) is 0. The van der Waals surface area contributed by atoms with Crippen LogP contribution >= 0.6 is 30.4 Å². The maximum absolute atomic E-state index is 5.80. The van der Waals surface area contributed by atoms with Crippen LogP contribution in [0.5, 0.6) is 0 Å². The molecular formula is C11H17IO3S. The van der Waals surface area contributed by atoms with Crippen LogP contribution in [0.4, 0.5) is 0 Å². The van der Waals surface area contributed by atoms with E-state index in [1.807, 2.05) is 0 Å². The fourth-order valence-electron chi connectivity index (χ4n) is 3.71. The van der Waals surface area contributed by atoms with E-state index in [1.54, 1.807) is 0 Å². The molecule has 1 spiro atoms. The molecule has 0 amide bonds. The van der Waals surface area contributed by atoms with Crippen molar-refractivity contribution in [2.45, 2.75) is 31.5 Å². The minimum absolute atomic E-state index is 0.181. The van der Waals surface area contributed by atoms with Crippen molar-refractivity contribution in [3.63, 3.8) is 0 Å². The van der Waals surface area contributed by atoms with Gasteiger partial charge in [-0.25, -0.2) is 0 Å². The van der Waals surface area contributed by atoms with Crippen molar-refractivity contribution in [2.75, 3.05) is 19.8 Å². The van der Waals surface area contributed by atoms with Crippen molar-refractivity contribution in [1.82, 2.24) is 0 Å². The van der Waals surface area contributed by atoms with Crippen LogP contribution in [-0.4, -0.2) is 25.6 Å². The Morgan fingerprint density at radius 3 is 2.38 bits per heavy atom. The Balaban J connectivity index is 1.54. The van der Waals surface area contributed by atoms with Crippen molar-refractivity contribution >= 4 is 30.4 Å². The van der Waals surface area contributed by atoms with E-state index < -0.39 is 0 Å². The van der Waals surface area contributed by atoms with Gasteiger partial charge in [-0.1, -0.05) is 0 Å². The van der Waals surface area contributed by atoms with E-state index in [1.165, 1.54) is 22.1 Å². The molecule has 2 atom stereocenters. The van der Waals surface area contributed by atoms with Gasteiger partial charge >= 0.3 is 0 Å². The average molecular weight is 356 g/mol. The minimum Gasteiger partial charge on any atom is -0.348 e. The zero-order chi connectivity index (χ0) is 11.0. The normalized spacial score (nSPS) is 40.7. The molecule has 0 aromatic carbocycles. The lowest BCUT2D eigenvalue weighted by Gasteiger charge is -2.23. The minimum atomic E-state index is -0.181. The van der Waals surface area contributed by atoms with Crippen molar-refractivity contribution in [1.29, 1.82) is 0 Å². The lowest BCUT2D eigenvalue weighted by Crippen LogP contribution is -2.27. The van der Waals surface area contributed by atoms with Crippen LogP contribution in [0.1, 0.15) is 25.7 Å². The van der Waals surface area contributed by atoms with Crippen LogP contribution in [0.2, 0.25) is 0 Å². The molecule has 5 heteroatoms. The third-order valence-corrected chi connectivity index (χ3v) is 5.24. The maximum Gasteiger partial charge on any atom is 0.169 e. The zero-order valence-electron chi connectivity index (χ0n) is 9.19. The van der Waals surface area contributed by atoms with Crippen LogP contribution in [0.3, 0.4) is 0 Å². The summed E-state index contributed by atoms with van der Waals surface area (Å²) in [4.78, 5) is 0. The summed E-state index contributed by atoms with van der Waals surface area (Å²) < 4.78 is 17.0. The number of hydrogen-bond donors (Lipinski definition) is 0. The SMILES string of the molecule is ISOCC1CC2CC3(CC2C1)OCCO3. The molecule has 3 fully saturated rings. The van der Waals surface area contributed by atoms with E-state index in [2.05, 4.69) is 21.2 Å². The molecule has 3 aliphatic rings. The van der Waals surface area contributed by atoms with Crippen molar-refractivity contribution in [3.05, 3.63) is 0 Å². The third-order valence-electron chi connectivity index (χ3n) is 4.25. The monoisotopic (exact) mass is 356 g/mol. The lowest BCUT2D eigenvalue weighted by atomic mass is 10.0. The molecule has 2 aliphatic carbocycles. The molecule has 1 saturated heterocycles. The number of ether oxygens (including phenoxy) is 2. The van der Waals surface area contributed by atoms with Gasteiger partial charge in [0.15, 0.2) is 5.79 Å². The average Bonchev–Trinajstić information content (AvgIpc) is 2.92. The van der Waals surface area contributed by atoms with E-state index >= 15 is 0 Å². The highest BCUT2D eigenvalue weighted by molar-refractivity contribution is 14.2. The lowest BCUT2D eigenvalue weighted by molar-refractivity contribution is -0.156. The summed E-state index contributed by atoms with van der Waals surface area (Å²) in [5.41, 5.74) is 0. The molecule has 0 N–H and O–H groups in total. The predicted molar refractivity (Wildman–Crippen MR) is 71.1 cm³/mol. The van der Waals surface area contributed by atoms with Crippen LogP contribution < -0.4 is 0 Å². The first kappa shape index (κ1) is 12.0. The van der Waals surface area contributed by atoms with Crippen LogP contribution in [0, 0.1) is 17.8 Å². The Kier molecular flexibility index (Phi) is 3.69. The molecule has 1 aliphatic heterocycles. The van der Waals surface area contributed by atoms with Gasteiger partial charge in [0.05, 0.1) is 29.0 Å². The Morgan fingerprint density at radius 2 is 1.81 bits per heavy atom. The highest BCUT2D eigenvalue weighted by atomic mass is 127. The van der Waals surface area contributed by atoms with Gasteiger partial charge in [0.1, 0.15) is 0 Å². The Bertz CT molecular complexity index is 242. The molecule has 0 radical (unpaired) electrons. The predicted octanol–water partition coefficient (Wildman–Crippen LogP) is 3.18. The van der Waals surface area contributed by atoms with Crippen molar-refractivity contribution in [2.24, 2.45) is 17.8 Å². The smallest absolute Gasteiger partial charge is 0.169 e. The van der Waals surface area contributed by atoms with Crippen molar-refractivity contribution in [3.8, 4) is 0 Å². The van der Waals surface area contributed by atoms with Gasteiger partial charge in [-0.2, -0.15) is 0 Å². The Morgan fingerprint density at radius 1 is 1.19 bits per heavy atom. The first-order chi connectivity index (χ1) is 7.81. The highest BCUT2D eigenvalue weighted by Gasteiger charge is 2.52. The third kappa shape index (κ3) is 2.25. The molecular weight excluding hydrogens is 339 g/mol. The van der Waals surface area contributed by atoms with Gasteiger partial charge < -0.3 is 13.7 Å². The number of fused-ring (bicyclic) bond motifs is 1. The van der Waals surface area contributed by atoms with E-state index in [9.17, 15) is 0 Å². The standard InChI is InChI=1S/C11H17IO3S/c12-16-15-7-8-3-9-5-11(6-10(9)4-8)13-1-2-14-11/h8-10H,1-7H2. The molecule has 3 nitrogen and oxygen atoms in total. The van der Waals surface area contributed by atoms with Gasteiger partial charge in [0.25, 0.3) is 0 Å². The summed E-state index contributed by atoms with van der Waals surface area (Å²) in [7, 11) is 1.46. The van der Waals surface area contributed by atoms with Gasteiger partial charge in [-0.05, 0) is 30.6 Å². The van der Waals surface area contributed by atoms with Gasteiger partial charge in [0, 0.05) is 34.0 Å². The summed E-state index contributed by atoms with van der Waals surface area (Å²) in [6.07, 6.45) is 4.84. The first-order valence-corrected chi connectivity index (χ1v) is 9.28. The van der Waals surface area contributed by atoms with E-state index in [0.717, 1.165) is 50.4 Å². The van der Waals surface area contributed by atoms with Crippen LogP contribution in [0.25, 0.3) is 0 Å². The summed E-state index contributed by atoms with van der Waals surface area (Å²) >= 11 is 2.19. The fraction of sp³-hybridized carbons (Fsp3) is 1.00. The summed E-state index contributed by atoms with van der Waals surface area (Å²) in [5.74, 6) is 2.20. The topological polar surface area (TPSA) is 27.7 Å². The molecule has 0 bridgehead atoms. The molecule has 1 heterocycles. The fourth-order valence-corrected chi connectivity index (χ4v) is 4.39. The molecule has 0 aromatic heterocycles. The second-order valence-electron chi connectivity index (χ2n) is 5.22. The summed E-state index contributed by atoms with van der Waals surface area (Å²) in [6.45, 7) is 2.49. The first-order valence-electron chi connectivity index (χ1n) is 5.99.